The maximum Gasteiger partial charge on any atom is 0.421 e. The highest BCUT2D eigenvalue weighted by atomic mass is 79.9. The van der Waals surface area contributed by atoms with Gasteiger partial charge < -0.3 is 4.42 Å². The topological polar surface area (TPSA) is 51.3 Å². The van der Waals surface area contributed by atoms with Crippen LogP contribution in [0.4, 0.5) is 0 Å². The number of aromatic nitrogens is 2. The summed E-state index contributed by atoms with van der Waals surface area (Å²) in [5.41, 5.74) is 2.50. The first-order valence-corrected chi connectivity index (χ1v) is 10.7. The number of para-hydroxylation sites is 1. The molecule has 2 aromatic heterocycles. The van der Waals surface area contributed by atoms with Crippen LogP contribution in [-0.4, -0.2) is 21.0 Å². The quantitative estimate of drug-likeness (QED) is 0.439. The van der Waals surface area contributed by atoms with Crippen molar-refractivity contribution in [3.05, 3.63) is 62.5 Å². The Bertz CT molecular complexity index is 1150. The maximum atomic E-state index is 12.4. The fourth-order valence-corrected chi connectivity index (χ4v) is 5.31. The number of hydrogen-bond acceptors (Lipinski definition) is 5. The van der Waals surface area contributed by atoms with E-state index >= 15 is 0 Å². The second kappa shape index (κ2) is 6.89. The van der Waals surface area contributed by atoms with Gasteiger partial charge in [0.25, 0.3) is 0 Å². The molecule has 138 valence electrons. The van der Waals surface area contributed by atoms with Crippen molar-refractivity contribution in [2.45, 2.75) is 32.0 Å². The number of piperidine rings is 1. The van der Waals surface area contributed by atoms with Crippen molar-refractivity contribution >= 4 is 48.6 Å². The highest BCUT2D eigenvalue weighted by Gasteiger charge is 2.28. The number of thiazole rings is 1. The molecule has 0 saturated carbocycles. The summed E-state index contributed by atoms with van der Waals surface area (Å²) < 4.78 is 9.30. The van der Waals surface area contributed by atoms with Crippen LogP contribution in [0.25, 0.3) is 21.3 Å². The number of oxazole rings is 1. The molecule has 7 heteroatoms. The largest absolute Gasteiger partial charge is 0.421 e. The number of hydrogen-bond donors (Lipinski definition) is 0. The minimum absolute atomic E-state index is 0.239. The molecule has 0 bridgehead atoms. The van der Waals surface area contributed by atoms with E-state index in [1.54, 1.807) is 15.9 Å². The standard InChI is InChI=1S/C20H18BrN3O2S/c21-13-8-9-15-17(11-13)26-20(25)24(15)12-23-10-4-3-6-16(23)19-22-14-5-1-2-7-18(14)27-19/h1-2,5,7-9,11,16H,3-4,6,10,12H2/t16-/m1/s1. The Labute approximate surface area is 168 Å². The fourth-order valence-electron chi connectivity index (χ4n) is 3.83. The van der Waals surface area contributed by atoms with Crippen molar-refractivity contribution in [2.24, 2.45) is 0 Å². The molecule has 0 unspecified atom stereocenters. The van der Waals surface area contributed by atoms with Gasteiger partial charge in [0.15, 0.2) is 5.58 Å². The van der Waals surface area contributed by atoms with Crippen LogP contribution in [0.3, 0.4) is 0 Å². The molecule has 0 spiro atoms. The third-order valence-corrected chi connectivity index (χ3v) is 6.79. The number of nitrogens with zero attached hydrogens (tertiary/aromatic N) is 3. The van der Waals surface area contributed by atoms with Gasteiger partial charge in [0.05, 0.1) is 28.4 Å². The summed E-state index contributed by atoms with van der Waals surface area (Å²) in [5.74, 6) is -0.309. The molecule has 3 heterocycles. The molecule has 0 aliphatic carbocycles. The SMILES string of the molecule is O=c1oc2cc(Br)ccc2n1CN1CCCC[C@@H]1c1nc2ccccc2s1. The van der Waals surface area contributed by atoms with Crippen LogP contribution >= 0.6 is 27.3 Å². The minimum Gasteiger partial charge on any atom is -0.408 e. The van der Waals surface area contributed by atoms with E-state index in [-0.39, 0.29) is 11.8 Å². The van der Waals surface area contributed by atoms with Crippen molar-refractivity contribution in [3.8, 4) is 0 Å². The van der Waals surface area contributed by atoms with Gasteiger partial charge in [-0.25, -0.2) is 9.78 Å². The average Bonchev–Trinajstić information content (AvgIpc) is 3.23. The smallest absolute Gasteiger partial charge is 0.408 e. The first kappa shape index (κ1) is 17.2. The molecule has 1 aliphatic heterocycles. The summed E-state index contributed by atoms with van der Waals surface area (Å²) in [6, 6.07) is 14.2. The summed E-state index contributed by atoms with van der Waals surface area (Å²) in [4.78, 5) is 19.7. The number of benzene rings is 2. The fraction of sp³-hybridized carbons (Fsp3) is 0.300. The lowest BCUT2D eigenvalue weighted by Crippen LogP contribution is -2.37. The molecule has 2 aromatic carbocycles. The first-order chi connectivity index (χ1) is 13.2. The third-order valence-electron chi connectivity index (χ3n) is 5.16. The third kappa shape index (κ3) is 3.13. The lowest BCUT2D eigenvalue weighted by Gasteiger charge is -2.34. The van der Waals surface area contributed by atoms with E-state index in [4.69, 9.17) is 9.40 Å². The van der Waals surface area contributed by atoms with Crippen LogP contribution in [-0.2, 0) is 6.67 Å². The highest BCUT2D eigenvalue weighted by Crippen LogP contribution is 2.36. The molecule has 0 N–H and O–H groups in total. The van der Waals surface area contributed by atoms with Crippen molar-refractivity contribution in [1.29, 1.82) is 0 Å². The van der Waals surface area contributed by atoms with Crippen molar-refractivity contribution in [3.63, 3.8) is 0 Å². The van der Waals surface area contributed by atoms with Gasteiger partial charge in [-0.05, 0) is 43.2 Å². The Morgan fingerprint density at radius 3 is 3.00 bits per heavy atom. The molecule has 1 atom stereocenters. The number of fused-ring (bicyclic) bond motifs is 2. The summed E-state index contributed by atoms with van der Waals surface area (Å²) in [6.45, 7) is 1.48. The molecule has 5 nitrogen and oxygen atoms in total. The van der Waals surface area contributed by atoms with Crippen LogP contribution in [0.1, 0.15) is 30.3 Å². The summed E-state index contributed by atoms with van der Waals surface area (Å²) >= 11 is 5.19. The molecule has 5 rings (SSSR count). The van der Waals surface area contributed by atoms with Gasteiger partial charge >= 0.3 is 5.76 Å². The average molecular weight is 444 g/mol. The second-order valence-corrected chi connectivity index (χ2v) is 8.87. The summed E-state index contributed by atoms with van der Waals surface area (Å²) in [5, 5.41) is 1.14. The number of rotatable bonds is 3. The van der Waals surface area contributed by atoms with Gasteiger partial charge in [-0.15, -0.1) is 11.3 Å². The Morgan fingerprint density at radius 1 is 1.22 bits per heavy atom. The van der Waals surface area contributed by atoms with E-state index < -0.39 is 0 Å². The van der Waals surface area contributed by atoms with Gasteiger partial charge in [0.2, 0.25) is 0 Å². The lowest BCUT2D eigenvalue weighted by molar-refractivity contribution is 0.109. The molecule has 0 amide bonds. The van der Waals surface area contributed by atoms with Crippen molar-refractivity contribution in [2.75, 3.05) is 6.54 Å². The zero-order valence-electron chi connectivity index (χ0n) is 14.6. The highest BCUT2D eigenvalue weighted by molar-refractivity contribution is 9.10. The van der Waals surface area contributed by atoms with Gasteiger partial charge in [-0.2, -0.15) is 0 Å². The summed E-state index contributed by atoms with van der Waals surface area (Å²) in [6.07, 6.45) is 3.39. The van der Waals surface area contributed by atoms with E-state index in [9.17, 15) is 4.79 Å². The number of likely N-dealkylation sites (tertiary alicyclic amines) is 1. The molecule has 1 aliphatic rings. The van der Waals surface area contributed by atoms with Crippen LogP contribution in [0.15, 0.2) is 56.1 Å². The van der Waals surface area contributed by atoms with E-state index in [2.05, 4.69) is 39.0 Å². The van der Waals surface area contributed by atoms with Gasteiger partial charge in [0, 0.05) is 11.0 Å². The Balaban J connectivity index is 1.51. The molecule has 1 saturated heterocycles. The zero-order chi connectivity index (χ0) is 18.4. The maximum absolute atomic E-state index is 12.4. The molecule has 4 aromatic rings. The van der Waals surface area contributed by atoms with Gasteiger partial charge in [-0.1, -0.05) is 34.5 Å². The summed E-state index contributed by atoms with van der Waals surface area (Å²) in [7, 11) is 0. The Kier molecular flexibility index (Phi) is 4.38. The zero-order valence-corrected chi connectivity index (χ0v) is 17.0. The molecule has 0 radical (unpaired) electrons. The predicted molar refractivity (Wildman–Crippen MR) is 111 cm³/mol. The lowest BCUT2D eigenvalue weighted by atomic mass is 10.0. The van der Waals surface area contributed by atoms with Crippen LogP contribution in [0, 0.1) is 0 Å². The second-order valence-electron chi connectivity index (χ2n) is 6.89. The van der Waals surface area contributed by atoms with E-state index in [0.29, 0.717) is 12.3 Å². The normalized spacial score (nSPS) is 18.5. The van der Waals surface area contributed by atoms with E-state index in [1.807, 2.05) is 24.3 Å². The van der Waals surface area contributed by atoms with Gasteiger partial charge in [-0.3, -0.25) is 9.47 Å². The van der Waals surface area contributed by atoms with Crippen molar-refractivity contribution in [1.82, 2.24) is 14.5 Å². The van der Waals surface area contributed by atoms with E-state index in [1.165, 1.54) is 11.1 Å². The first-order valence-electron chi connectivity index (χ1n) is 9.07. The van der Waals surface area contributed by atoms with E-state index in [0.717, 1.165) is 39.9 Å². The molecule has 1 fully saturated rings. The van der Waals surface area contributed by atoms with Crippen LogP contribution in [0.5, 0.6) is 0 Å². The number of halogens is 1. The predicted octanol–water partition coefficient (Wildman–Crippen LogP) is 5.15. The van der Waals surface area contributed by atoms with Crippen LogP contribution in [0.2, 0.25) is 0 Å². The van der Waals surface area contributed by atoms with Gasteiger partial charge in [0.1, 0.15) is 5.01 Å². The van der Waals surface area contributed by atoms with Crippen LogP contribution < -0.4 is 5.76 Å². The van der Waals surface area contributed by atoms with Crippen molar-refractivity contribution < 1.29 is 4.42 Å². The molecular weight excluding hydrogens is 426 g/mol. The molecule has 27 heavy (non-hydrogen) atoms. The monoisotopic (exact) mass is 443 g/mol. The molecular formula is C20H18BrN3O2S. The minimum atomic E-state index is -0.309. The Hall–Kier alpha value is -1.96. The Morgan fingerprint density at radius 2 is 2.11 bits per heavy atom.